The van der Waals surface area contributed by atoms with Gasteiger partial charge in [0.05, 0.1) is 18.2 Å². The van der Waals surface area contributed by atoms with Crippen LogP contribution in [0.25, 0.3) is 0 Å². The van der Waals surface area contributed by atoms with Crippen molar-refractivity contribution in [2.24, 2.45) is 5.73 Å². The molecule has 0 radical (unpaired) electrons. The zero-order valence-electron chi connectivity index (χ0n) is 7.22. The van der Waals surface area contributed by atoms with Crippen molar-refractivity contribution in [2.75, 3.05) is 6.61 Å². The third-order valence-corrected chi connectivity index (χ3v) is 1.27. The van der Waals surface area contributed by atoms with Crippen LogP contribution in [0.5, 0.6) is 0 Å². The summed E-state index contributed by atoms with van der Waals surface area (Å²) >= 11 is 0. The van der Waals surface area contributed by atoms with Crippen molar-refractivity contribution >= 4 is 5.91 Å². The molecule has 0 aromatic rings. The topological polar surface area (TPSA) is 75.4 Å². The summed E-state index contributed by atoms with van der Waals surface area (Å²) < 4.78 is 0. The molecule has 4 nitrogen and oxygen atoms in total. The van der Waals surface area contributed by atoms with Gasteiger partial charge >= 0.3 is 0 Å². The number of rotatable bonds is 3. The Hall–Kier alpha value is -0.610. The number of amides is 1. The molecule has 0 saturated heterocycles. The molecule has 0 aliphatic carbocycles. The molecule has 1 amide bonds. The average molecular weight is 160 g/mol. The molecule has 0 spiro atoms. The number of aliphatic hydroxyl groups excluding tert-OH is 1. The minimum atomic E-state index is -0.579. The first-order valence-corrected chi connectivity index (χ1v) is 3.57. The lowest BCUT2D eigenvalue weighted by molar-refractivity contribution is -0.124. The van der Waals surface area contributed by atoms with Gasteiger partial charge in [0.2, 0.25) is 5.91 Å². The second kappa shape index (κ2) is 3.69. The van der Waals surface area contributed by atoms with Crippen LogP contribution in [0.1, 0.15) is 20.8 Å². The van der Waals surface area contributed by atoms with E-state index < -0.39 is 11.6 Å². The predicted octanol–water partition coefficient (Wildman–Crippen LogP) is -0.779. The number of hydrogen-bond acceptors (Lipinski definition) is 3. The summed E-state index contributed by atoms with van der Waals surface area (Å²) in [5.41, 5.74) is 4.73. The van der Waals surface area contributed by atoms with E-state index in [2.05, 4.69) is 5.32 Å². The number of hydrogen-bond donors (Lipinski definition) is 3. The van der Waals surface area contributed by atoms with Crippen LogP contribution >= 0.6 is 0 Å². The summed E-state index contributed by atoms with van der Waals surface area (Å²) in [6, 6.07) is -0.527. The van der Waals surface area contributed by atoms with Gasteiger partial charge in [-0.15, -0.1) is 0 Å². The zero-order valence-corrected chi connectivity index (χ0v) is 7.22. The van der Waals surface area contributed by atoms with Gasteiger partial charge in [-0.2, -0.15) is 0 Å². The summed E-state index contributed by atoms with van der Waals surface area (Å²) in [7, 11) is 0. The largest absolute Gasteiger partial charge is 0.394 e. The number of aliphatic hydroxyl groups is 1. The molecule has 0 aromatic heterocycles. The van der Waals surface area contributed by atoms with Gasteiger partial charge in [0.25, 0.3) is 0 Å². The number of nitrogens with two attached hydrogens (primary N) is 1. The van der Waals surface area contributed by atoms with Crippen molar-refractivity contribution in [1.82, 2.24) is 5.32 Å². The lowest BCUT2D eigenvalue weighted by Gasteiger charge is -2.24. The molecule has 0 rings (SSSR count). The molecular formula is C7H16N2O2. The van der Waals surface area contributed by atoms with E-state index >= 15 is 0 Å². The van der Waals surface area contributed by atoms with Gasteiger partial charge in [0.15, 0.2) is 0 Å². The SMILES string of the molecule is C[C@H](N)C(=O)NC(C)(C)CO. The fourth-order valence-corrected chi connectivity index (χ4v) is 0.487. The van der Waals surface area contributed by atoms with Crippen molar-refractivity contribution < 1.29 is 9.90 Å². The van der Waals surface area contributed by atoms with Gasteiger partial charge in [-0.1, -0.05) is 0 Å². The van der Waals surface area contributed by atoms with Crippen LogP contribution in [0, 0.1) is 0 Å². The zero-order chi connectivity index (χ0) is 9.07. The van der Waals surface area contributed by atoms with Crippen LogP contribution in [0.4, 0.5) is 0 Å². The van der Waals surface area contributed by atoms with Crippen molar-refractivity contribution in [3.63, 3.8) is 0 Å². The molecular weight excluding hydrogens is 144 g/mol. The maximum Gasteiger partial charge on any atom is 0.237 e. The minimum absolute atomic E-state index is 0.0918. The lowest BCUT2D eigenvalue weighted by Crippen LogP contribution is -2.51. The highest BCUT2D eigenvalue weighted by atomic mass is 16.3. The maximum absolute atomic E-state index is 11.0. The first-order chi connectivity index (χ1) is 4.89. The number of nitrogens with one attached hydrogen (secondary N) is 1. The monoisotopic (exact) mass is 160 g/mol. The molecule has 0 aliphatic heterocycles. The van der Waals surface area contributed by atoms with E-state index in [1.54, 1.807) is 20.8 Å². The molecule has 0 bridgehead atoms. The van der Waals surface area contributed by atoms with Gasteiger partial charge in [0.1, 0.15) is 0 Å². The molecule has 11 heavy (non-hydrogen) atoms. The highest BCUT2D eigenvalue weighted by molar-refractivity contribution is 5.81. The lowest BCUT2D eigenvalue weighted by atomic mass is 10.1. The molecule has 4 heteroatoms. The van der Waals surface area contributed by atoms with Crippen LogP contribution in [0.2, 0.25) is 0 Å². The quantitative estimate of drug-likeness (QED) is 0.507. The van der Waals surface area contributed by atoms with E-state index in [0.29, 0.717) is 0 Å². The molecule has 4 N–H and O–H groups in total. The third kappa shape index (κ3) is 3.95. The molecule has 66 valence electrons. The van der Waals surface area contributed by atoms with Crippen LogP contribution < -0.4 is 11.1 Å². The van der Waals surface area contributed by atoms with Gasteiger partial charge in [0, 0.05) is 0 Å². The highest BCUT2D eigenvalue weighted by Gasteiger charge is 2.20. The first-order valence-electron chi connectivity index (χ1n) is 3.57. The van der Waals surface area contributed by atoms with E-state index in [0.717, 1.165) is 0 Å². The summed E-state index contributed by atoms with van der Waals surface area (Å²) in [6.45, 7) is 4.97. The van der Waals surface area contributed by atoms with E-state index in [4.69, 9.17) is 10.8 Å². The molecule has 1 atom stereocenters. The fraction of sp³-hybridized carbons (Fsp3) is 0.857. The number of carbonyl (C=O) groups excluding carboxylic acids is 1. The third-order valence-electron chi connectivity index (χ3n) is 1.27. The van der Waals surface area contributed by atoms with Crippen LogP contribution in [0.3, 0.4) is 0 Å². The fourth-order valence-electron chi connectivity index (χ4n) is 0.487. The predicted molar refractivity (Wildman–Crippen MR) is 43.0 cm³/mol. The molecule has 0 aromatic carbocycles. The Morgan fingerprint density at radius 1 is 1.73 bits per heavy atom. The second-order valence-corrected chi connectivity index (χ2v) is 3.32. The molecule has 0 aliphatic rings. The Labute approximate surface area is 66.8 Å². The van der Waals surface area contributed by atoms with Crippen molar-refractivity contribution in [1.29, 1.82) is 0 Å². The Morgan fingerprint density at radius 2 is 2.18 bits per heavy atom. The normalized spacial score (nSPS) is 14.3. The smallest absolute Gasteiger partial charge is 0.237 e. The van der Waals surface area contributed by atoms with Crippen molar-refractivity contribution in [2.45, 2.75) is 32.4 Å². The van der Waals surface area contributed by atoms with Crippen LogP contribution in [0.15, 0.2) is 0 Å². The first kappa shape index (κ1) is 10.4. The Balaban J connectivity index is 3.94. The van der Waals surface area contributed by atoms with Crippen molar-refractivity contribution in [3.8, 4) is 0 Å². The average Bonchev–Trinajstić information content (AvgIpc) is 1.87. The summed E-state index contributed by atoms with van der Waals surface area (Å²) in [5, 5.41) is 11.4. The Bertz CT molecular complexity index is 143. The van der Waals surface area contributed by atoms with Gasteiger partial charge < -0.3 is 16.2 Å². The maximum atomic E-state index is 11.0. The van der Waals surface area contributed by atoms with E-state index in [1.165, 1.54) is 0 Å². The van der Waals surface area contributed by atoms with E-state index in [1.807, 2.05) is 0 Å². The minimum Gasteiger partial charge on any atom is -0.394 e. The Kier molecular flexibility index (Phi) is 3.48. The Morgan fingerprint density at radius 3 is 2.45 bits per heavy atom. The van der Waals surface area contributed by atoms with Gasteiger partial charge in [-0.25, -0.2) is 0 Å². The van der Waals surface area contributed by atoms with Gasteiger partial charge in [-0.05, 0) is 20.8 Å². The highest BCUT2D eigenvalue weighted by Crippen LogP contribution is 1.99. The summed E-state index contributed by atoms with van der Waals surface area (Å²) in [5.74, 6) is -0.246. The van der Waals surface area contributed by atoms with E-state index in [-0.39, 0.29) is 12.5 Å². The van der Waals surface area contributed by atoms with Crippen LogP contribution in [-0.2, 0) is 4.79 Å². The molecule has 0 heterocycles. The van der Waals surface area contributed by atoms with Gasteiger partial charge in [-0.3, -0.25) is 4.79 Å². The van der Waals surface area contributed by atoms with Crippen LogP contribution in [-0.4, -0.2) is 29.2 Å². The molecule has 0 fully saturated rings. The molecule has 0 saturated carbocycles. The summed E-state index contributed by atoms with van der Waals surface area (Å²) in [4.78, 5) is 11.0. The second-order valence-electron chi connectivity index (χ2n) is 3.32. The molecule has 0 unspecified atom stereocenters. The number of carbonyl (C=O) groups is 1. The van der Waals surface area contributed by atoms with Crippen molar-refractivity contribution in [3.05, 3.63) is 0 Å². The van der Waals surface area contributed by atoms with E-state index in [9.17, 15) is 4.79 Å². The summed E-state index contributed by atoms with van der Waals surface area (Å²) in [6.07, 6.45) is 0. The standard InChI is InChI=1S/C7H16N2O2/c1-5(8)6(11)9-7(2,3)4-10/h5,10H,4,8H2,1-3H3,(H,9,11)/t5-/m0/s1.